The van der Waals surface area contributed by atoms with Gasteiger partial charge in [0, 0.05) is 31.8 Å². The van der Waals surface area contributed by atoms with Crippen LogP contribution in [0.1, 0.15) is 34.0 Å². The summed E-state index contributed by atoms with van der Waals surface area (Å²) in [5.74, 6) is -2.08. The van der Waals surface area contributed by atoms with E-state index in [1.165, 1.54) is 24.7 Å². The van der Waals surface area contributed by atoms with E-state index in [9.17, 15) is 27.1 Å². The molecule has 3 N–H and O–H groups in total. The zero-order chi connectivity index (χ0) is 27.9. The van der Waals surface area contributed by atoms with E-state index in [1.54, 1.807) is 12.1 Å². The number of hydrogen-bond acceptors (Lipinski definition) is 5. The Balaban J connectivity index is 1.77. The van der Waals surface area contributed by atoms with Gasteiger partial charge in [-0.2, -0.15) is 0 Å². The second-order valence-corrected chi connectivity index (χ2v) is 11.2. The number of hydrogen-bond donors (Lipinski definition) is 3. The van der Waals surface area contributed by atoms with E-state index in [-0.39, 0.29) is 24.1 Å². The predicted molar refractivity (Wildman–Crippen MR) is 145 cm³/mol. The van der Waals surface area contributed by atoms with Gasteiger partial charge in [-0.25, -0.2) is 17.2 Å². The highest BCUT2D eigenvalue weighted by molar-refractivity contribution is 7.92. The van der Waals surface area contributed by atoms with Crippen molar-refractivity contribution in [3.63, 3.8) is 0 Å². The summed E-state index contributed by atoms with van der Waals surface area (Å²) in [6.07, 6.45) is 0.824. The van der Waals surface area contributed by atoms with Gasteiger partial charge in [-0.05, 0) is 59.9 Å². The number of amides is 1. The number of aryl methyl sites for hydroxylation is 1. The average molecular weight is 546 g/mol. The van der Waals surface area contributed by atoms with Gasteiger partial charge in [0.1, 0.15) is 11.6 Å². The van der Waals surface area contributed by atoms with Crippen LogP contribution in [-0.4, -0.2) is 51.4 Å². The highest BCUT2D eigenvalue weighted by Crippen LogP contribution is 2.18. The Morgan fingerprint density at radius 1 is 0.974 bits per heavy atom. The molecule has 0 unspecified atom stereocenters. The number of carbonyl (C=O) groups excluding carboxylic acids is 1. The quantitative estimate of drug-likeness (QED) is 0.324. The normalized spacial score (nSPS) is 13.1. The van der Waals surface area contributed by atoms with Gasteiger partial charge < -0.3 is 15.7 Å². The molecule has 0 aliphatic heterocycles. The van der Waals surface area contributed by atoms with E-state index in [0.29, 0.717) is 12.2 Å². The van der Waals surface area contributed by atoms with E-state index >= 15 is 0 Å². The molecule has 0 radical (unpaired) electrons. The number of sulfonamides is 1. The van der Waals surface area contributed by atoms with Crippen molar-refractivity contribution in [3.05, 3.63) is 101 Å². The summed E-state index contributed by atoms with van der Waals surface area (Å²) >= 11 is 0. The van der Waals surface area contributed by atoms with Crippen LogP contribution in [0.5, 0.6) is 0 Å². The van der Waals surface area contributed by atoms with Crippen molar-refractivity contribution in [2.24, 2.45) is 0 Å². The monoisotopic (exact) mass is 545 g/mol. The summed E-state index contributed by atoms with van der Waals surface area (Å²) in [6, 6.07) is 16.2. The molecule has 0 heterocycles. The summed E-state index contributed by atoms with van der Waals surface area (Å²) in [5, 5.41) is 16.9. The first-order valence-corrected chi connectivity index (χ1v) is 14.1. The van der Waals surface area contributed by atoms with Gasteiger partial charge in [-0.1, -0.05) is 37.3 Å². The van der Waals surface area contributed by atoms with Crippen LogP contribution >= 0.6 is 0 Å². The topological polar surface area (TPSA) is 98.7 Å². The number of anilines is 1. The summed E-state index contributed by atoms with van der Waals surface area (Å²) in [6.45, 7) is 2.66. The first-order chi connectivity index (χ1) is 18.0. The Labute approximate surface area is 222 Å². The van der Waals surface area contributed by atoms with Gasteiger partial charge in [0.05, 0.1) is 24.1 Å². The minimum absolute atomic E-state index is 0.0302. The third-order valence-electron chi connectivity index (χ3n) is 6.21. The Morgan fingerprint density at radius 3 is 2.29 bits per heavy atom. The van der Waals surface area contributed by atoms with Crippen molar-refractivity contribution >= 4 is 21.6 Å². The SMILES string of the molecule is CCc1cccc(CNC[C@@H](O)[C@H](Cc2cc(F)cc(F)c2)NC(=O)c2cccc(N(C)S(C)(=O)=O)c2)c1. The fourth-order valence-corrected chi connectivity index (χ4v) is 4.51. The highest BCUT2D eigenvalue weighted by Gasteiger charge is 2.24. The molecule has 0 aliphatic carbocycles. The van der Waals surface area contributed by atoms with Crippen molar-refractivity contribution in [1.82, 2.24) is 10.6 Å². The Bertz CT molecular complexity index is 1350. The third-order valence-corrected chi connectivity index (χ3v) is 7.42. The summed E-state index contributed by atoms with van der Waals surface area (Å²) < 4.78 is 52.5. The number of carbonyl (C=O) groups is 1. The smallest absolute Gasteiger partial charge is 0.251 e. The molecule has 1 amide bonds. The van der Waals surface area contributed by atoms with Crippen LogP contribution in [0.25, 0.3) is 0 Å². The molecule has 3 aromatic rings. The number of rotatable bonds is 12. The van der Waals surface area contributed by atoms with Gasteiger partial charge in [-0.15, -0.1) is 0 Å². The van der Waals surface area contributed by atoms with Gasteiger partial charge in [0.25, 0.3) is 5.91 Å². The Morgan fingerprint density at radius 2 is 1.63 bits per heavy atom. The molecule has 0 fully saturated rings. The van der Waals surface area contributed by atoms with Crippen molar-refractivity contribution in [2.45, 2.75) is 38.5 Å². The standard InChI is InChI=1S/C28H33F2N3O4S/c1-4-19-7-5-8-20(11-19)17-31-18-27(34)26(14-21-12-23(29)16-24(30)13-21)32-28(35)22-9-6-10-25(15-22)33(2)38(3,36)37/h5-13,15-16,26-27,31,34H,4,14,17-18H2,1-3H3,(H,32,35)/t26-,27+/m0/s1. The maximum absolute atomic E-state index is 13.8. The molecule has 38 heavy (non-hydrogen) atoms. The molecule has 0 spiro atoms. The zero-order valence-corrected chi connectivity index (χ0v) is 22.4. The summed E-state index contributed by atoms with van der Waals surface area (Å²) in [5.41, 5.74) is 2.96. The van der Waals surface area contributed by atoms with E-state index < -0.39 is 39.7 Å². The van der Waals surface area contributed by atoms with Crippen LogP contribution in [0.3, 0.4) is 0 Å². The number of aliphatic hydroxyl groups is 1. The predicted octanol–water partition coefficient (Wildman–Crippen LogP) is 3.41. The van der Waals surface area contributed by atoms with Crippen molar-refractivity contribution in [3.8, 4) is 0 Å². The van der Waals surface area contributed by atoms with Crippen LogP contribution in [0, 0.1) is 11.6 Å². The molecule has 0 saturated carbocycles. The Hall–Kier alpha value is -3.34. The minimum Gasteiger partial charge on any atom is -0.390 e. The number of benzene rings is 3. The molecule has 7 nitrogen and oxygen atoms in total. The summed E-state index contributed by atoms with van der Waals surface area (Å²) in [7, 11) is -2.16. The lowest BCUT2D eigenvalue weighted by atomic mass is 10.00. The number of aliphatic hydroxyl groups excluding tert-OH is 1. The van der Waals surface area contributed by atoms with Crippen LogP contribution in [0.2, 0.25) is 0 Å². The molecular weight excluding hydrogens is 512 g/mol. The third kappa shape index (κ3) is 8.34. The van der Waals surface area contributed by atoms with E-state index in [4.69, 9.17) is 0 Å². The molecule has 10 heteroatoms. The molecule has 3 aromatic carbocycles. The maximum atomic E-state index is 13.8. The molecule has 204 valence electrons. The second kappa shape index (κ2) is 12.9. The fourth-order valence-electron chi connectivity index (χ4n) is 4.02. The van der Waals surface area contributed by atoms with E-state index in [2.05, 4.69) is 23.6 Å². The largest absolute Gasteiger partial charge is 0.390 e. The summed E-state index contributed by atoms with van der Waals surface area (Å²) in [4.78, 5) is 13.1. The van der Waals surface area contributed by atoms with Crippen LogP contribution < -0.4 is 14.9 Å². The first-order valence-electron chi connectivity index (χ1n) is 12.2. The van der Waals surface area contributed by atoms with Crippen LogP contribution in [0.4, 0.5) is 14.5 Å². The van der Waals surface area contributed by atoms with Gasteiger partial charge in [0.2, 0.25) is 10.0 Å². The average Bonchev–Trinajstić information content (AvgIpc) is 2.86. The fraction of sp³-hybridized carbons (Fsp3) is 0.321. The number of halogens is 2. The number of nitrogens with zero attached hydrogens (tertiary/aromatic N) is 1. The maximum Gasteiger partial charge on any atom is 0.251 e. The Kier molecular flexibility index (Phi) is 9.96. The lowest BCUT2D eigenvalue weighted by molar-refractivity contribution is 0.0830. The van der Waals surface area contributed by atoms with E-state index in [1.807, 2.05) is 18.2 Å². The minimum atomic E-state index is -3.54. The lowest BCUT2D eigenvalue weighted by Gasteiger charge is -2.25. The zero-order valence-electron chi connectivity index (χ0n) is 21.6. The molecular formula is C28H33F2N3O4S. The van der Waals surface area contributed by atoms with Crippen molar-refractivity contribution in [2.75, 3.05) is 24.2 Å². The van der Waals surface area contributed by atoms with Crippen molar-refractivity contribution < 1.29 is 27.1 Å². The molecule has 2 atom stereocenters. The molecule has 0 aliphatic rings. The molecule has 0 saturated heterocycles. The van der Waals surface area contributed by atoms with Crippen LogP contribution in [0.15, 0.2) is 66.7 Å². The lowest BCUT2D eigenvalue weighted by Crippen LogP contribution is -2.48. The van der Waals surface area contributed by atoms with Gasteiger partial charge >= 0.3 is 0 Å². The van der Waals surface area contributed by atoms with Gasteiger partial charge in [-0.3, -0.25) is 9.10 Å². The van der Waals surface area contributed by atoms with E-state index in [0.717, 1.165) is 40.7 Å². The molecule has 3 rings (SSSR count). The first kappa shape index (κ1) is 29.2. The molecule has 0 aromatic heterocycles. The molecule has 0 bridgehead atoms. The highest BCUT2D eigenvalue weighted by atomic mass is 32.2. The van der Waals surface area contributed by atoms with Gasteiger partial charge in [0.15, 0.2) is 0 Å². The number of nitrogens with one attached hydrogen (secondary N) is 2. The van der Waals surface area contributed by atoms with Crippen LogP contribution in [-0.2, 0) is 29.4 Å². The van der Waals surface area contributed by atoms with Crippen molar-refractivity contribution in [1.29, 1.82) is 0 Å². The second-order valence-electron chi connectivity index (χ2n) is 9.21.